The van der Waals surface area contributed by atoms with Gasteiger partial charge in [-0.05, 0) is 12.1 Å². The standard InChI is InChI=1S/C19H18ClN5O3S2/c1-2-5-28-19(27)24-8-12(9-24)14-6-17(21-7-13-3-4-16(20)30-13)25(23-14)18(26)15-10-29-11-22-15/h2-4,6,10-12,21H,1,5,7-9H2. The van der Waals surface area contributed by atoms with Crippen molar-refractivity contribution in [2.24, 2.45) is 0 Å². The van der Waals surface area contributed by atoms with Crippen LogP contribution in [0.25, 0.3) is 0 Å². The fraction of sp³-hybridized carbons (Fsp3) is 0.263. The van der Waals surface area contributed by atoms with Crippen LogP contribution in [0.5, 0.6) is 0 Å². The van der Waals surface area contributed by atoms with Gasteiger partial charge >= 0.3 is 6.09 Å². The summed E-state index contributed by atoms with van der Waals surface area (Å²) in [6.07, 6.45) is 1.15. The molecule has 11 heteroatoms. The summed E-state index contributed by atoms with van der Waals surface area (Å²) in [7, 11) is 0. The minimum absolute atomic E-state index is 0.0301. The van der Waals surface area contributed by atoms with Gasteiger partial charge in [-0.3, -0.25) is 4.79 Å². The van der Waals surface area contributed by atoms with Crippen molar-refractivity contribution in [1.29, 1.82) is 0 Å². The van der Waals surface area contributed by atoms with Crippen molar-refractivity contribution in [2.75, 3.05) is 25.0 Å². The Labute approximate surface area is 185 Å². The molecule has 3 aromatic heterocycles. The zero-order chi connectivity index (χ0) is 21.1. The normalized spacial score (nSPS) is 13.7. The summed E-state index contributed by atoms with van der Waals surface area (Å²) < 4.78 is 7.08. The number of hydrogen-bond acceptors (Lipinski definition) is 8. The molecule has 0 radical (unpaired) electrons. The number of nitrogens with one attached hydrogen (secondary N) is 1. The molecular weight excluding hydrogens is 446 g/mol. The van der Waals surface area contributed by atoms with E-state index in [-0.39, 0.29) is 24.5 Å². The zero-order valence-electron chi connectivity index (χ0n) is 15.8. The van der Waals surface area contributed by atoms with Crippen molar-refractivity contribution in [3.8, 4) is 0 Å². The number of ether oxygens (including phenoxy) is 1. The fourth-order valence-corrected chi connectivity index (χ4v) is 4.52. The number of halogens is 1. The third kappa shape index (κ3) is 4.40. The number of nitrogens with zero attached hydrogens (tertiary/aromatic N) is 4. The Kier molecular flexibility index (Phi) is 6.16. The van der Waals surface area contributed by atoms with Crippen LogP contribution in [0.15, 0.2) is 41.7 Å². The molecule has 0 saturated carbocycles. The molecule has 156 valence electrons. The van der Waals surface area contributed by atoms with E-state index in [1.54, 1.807) is 15.8 Å². The van der Waals surface area contributed by atoms with Crippen LogP contribution in [-0.2, 0) is 11.3 Å². The lowest BCUT2D eigenvalue weighted by atomic mass is 9.97. The van der Waals surface area contributed by atoms with Gasteiger partial charge in [0.15, 0.2) is 0 Å². The van der Waals surface area contributed by atoms with Gasteiger partial charge in [-0.1, -0.05) is 24.3 Å². The first kappa shape index (κ1) is 20.6. The van der Waals surface area contributed by atoms with E-state index >= 15 is 0 Å². The van der Waals surface area contributed by atoms with E-state index in [4.69, 9.17) is 16.3 Å². The maximum atomic E-state index is 12.9. The molecule has 30 heavy (non-hydrogen) atoms. The van der Waals surface area contributed by atoms with E-state index < -0.39 is 0 Å². The highest BCUT2D eigenvalue weighted by molar-refractivity contribution is 7.16. The van der Waals surface area contributed by atoms with Crippen LogP contribution in [0.3, 0.4) is 0 Å². The topological polar surface area (TPSA) is 89.4 Å². The Morgan fingerprint density at radius 1 is 1.40 bits per heavy atom. The predicted octanol–water partition coefficient (Wildman–Crippen LogP) is 4.08. The minimum atomic E-state index is -0.378. The Balaban J connectivity index is 1.50. The number of rotatable bonds is 7. The number of anilines is 1. The average Bonchev–Trinajstić information content (AvgIpc) is 3.44. The summed E-state index contributed by atoms with van der Waals surface area (Å²) in [4.78, 5) is 31.5. The van der Waals surface area contributed by atoms with Crippen molar-refractivity contribution < 1.29 is 14.3 Å². The van der Waals surface area contributed by atoms with Crippen LogP contribution in [0.2, 0.25) is 4.34 Å². The summed E-state index contributed by atoms with van der Waals surface area (Å²) in [5.41, 5.74) is 2.68. The molecule has 0 aromatic carbocycles. The molecule has 4 heterocycles. The van der Waals surface area contributed by atoms with Crippen molar-refractivity contribution in [3.63, 3.8) is 0 Å². The summed E-state index contributed by atoms with van der Waals surface area (Å²) in [5, 5.41) is 9.46. The van der Waals surface area contributed by atoms with E-state index in [1.807, 2.05) is 18.2 Å². The number of likely N-dealkylation sites (tertiary alicyclic amines) is 1. The molecule has 1 amide bonds. The number of aromatic nitrogens is 3. The maximum absolute atomic E-state index is 12.9. The van der Waals surface area contributed by atoms with Gasteiger partial charge in [0.25, 0.3) is 5.91 Å². The highest BCUT2D eigenvalue weighted by Crippen LogP contribution is 2.29. The smallest absolute Gasteiger partial charge is 0.410 e. The first-order valence-electron chi connectivity index (χ1n) is 9.08. The van der Waals surface area contributed by atoms with E-state index in [0.717, 1.165) is 10.6 Å². The van der Waals surface area contributed by atoms with Gasteiger partial charge in [0.1, 0.15) is 18.1 Å². The average molecular weight is 464 g/mol. The predicted molar refractivity (Wildman–Crippen MR) is 117 cm³/mol. The largest absolute Gasteiger partial charge is 0.445 e. The van der Waals surface area contributed by atoms with Gasteiger partial charge in [-0.15, -0.1) is 22.7 Å². The van der Waals surface area contributed by atoms with Gasteiger partial charge in [0, 0.05) is 35.3 Å². The number of carbonyl (C=O) groups excluding carboxylic acids is 2. The lowest BCUT2D eigenvalue weighted by Crippen LogP contribution is -2.48. The molecule has 0 unspecified atom stereocenters. The molecule has 0 atom stereocenters. The van der Waals surface area contributed by atoms with Crippen LogP contribution in [-0.4, -0.2) is 51.4 Å². The fourth-order valence-electron chi connectivity index (χ4n) is 2.97. The first-order chi connectivity index (χ1) is 14.5. The molecule has 4 rings (SSSR count). The van der Waals surface area contributed by atoms with Gasteiger partial charge in [0.05, 0.1) is 22.1 Å². The molecule has 1 aliphatic heterocycles. The summed E-state index contributed by atoms with van der Waals surface area (Å²) in [6, 6.07) is 5.61. The van der Waals surface area contributed by atoms with Gasteiger partial charge < -0.3 is 15.0 Å². The first-order valence-corrected chi connectivity index (χ1v) is 11.2. The quantitative estimate of drug-likeness (QED) is 0.531. The Bertz CT molecular complexity index is 1060. The summed E-state index contributed by atoms with van der Waals surface area (Å²) in [6.45, 7) is 5.19. The lowest BCUT2D eigenvalue weighted by Gasteiger charge is -2.37. The number of thiazole rings is 1. The molecule has 1 saturated heterocycles. The Morgan fingerprint density at radius 2 is 2.23 bits per heavy atom. The van der Waals surface area contributed by atoms with E-state index in [1.165, 1.54) is 33.4 Å². The van der Waals surface area contributed by atoms with Gasteiger partial charge in [-0.25, -0.2) is 9.78 Å². The van der Waals surface area contributed by atoms with Crippen molar-refractivity contribution in [1.82, 2.24) is 19.7 Å². The van der Waals surface area contributed by atoms with Crippen LogP contribution in [0.4, 0.5) is 10.6 Å². The summed E-state index contributed by atoms with van der Waals surface area (Å²) >= 11 is 8.82. The number of thiophene rings is 1. The molecular formula is C19H18ClN5O3S2. The SMILES string of the molecule is C=CCOC(=O)N1CC(c2cc(NCc3ccc(Cl)s3)n(C(=O)c3cscn3)n2)C1. The molecule has 0 aliphatic carbocycles. The Hall–Kier alpha value is -2.69. The molecule has 8 nitrogen and oxygen atoms in total. The van der Waals surface area contributed by atoms with Crippen molar-refractivity contribution in [3.05, 3.63) is 62.3 Å². The highest BCUT2D eigenvalue weighted by atomic mass is 35.5. The third-order valence-electron chi connectivity index (χ3n) is 4.53. The van der Waals surface area contributed by atoms with E-state index in [0.29, 0.717) is 35.5 Å². The van der Waals surface area contributed by atoms with E-state index in [2.05, 4.69) is 22.0 Å². The van der Waals surface area contributed by atoms with Gasteiger partial charge in [0.2, 0.25) is 0 Å². The minimum Gasteiger partial charge on any atom is -0.445 e. The second-order valence-electron chi connectivity index (χ2n) is 6.57. The highest BCUT2D eigenvalue weighted by Gasteiger charge is 2.35. The zero-order valence-corrected chi connectivity index (χ0v) is 18.2. The molecule has 1 N–H and O–H groups in total. The number of amides is 1. The number of carbonyl (C=O) groups is 2. The van der Waals surface area contributed by atoms with Gasteiger partial charge in [-0.2, -0.15) is 9.78 Å². The lowest BCUT2D eigenvalue weighted by molar-refractivity contribution is 0.0779. The molecule has 0 bridgehead atoms. The van der Waals surface area contributed by atoms with E-state index in [9.17, 15) is 9.59 Å². The number of hydrogen-bond donors (Lipinski definition) is 1. The van der Waals surface area contributed by atoms with Crippen LogP contribution < -0.4 is 5.32 Å². The second-order valence-corrected chi connectivity index (χ2v) is 9.09. The van der Waals surface area contributed by atoms with Crippen LogP contribution in [0.1, 0.15) is 27.0 Å². The molecule has 1 aliphatic rings. The summed E-state index contributed by atoms with van der Waals surface area (Å²) in [5.74, 6) is 0.290. The maximum Gasteiger partial charge on any atom is 0.410 e. The van der Waals surface area contributed by atoms with Crippen LogP contribution in [0, 0.1) is 0 Å². The molecule has 3 aromatic rings. The van der Waals surface area contributed by atoms with Crippen molar-refractivity contribution in [2.45, 2.75) is 12.5 Å². The van der Waals surface area contributed by atoms with Crippen LogP contribution >= 0.6 is 34.3 Å². The Morgan fingerprint density at radius 3 is 2.90 bits per heavy atom. The molecule has 1 fully saturated rings. The molecule has 0 spiro atoms. The van der Waals surface area contributed by atoms with Crippen molar-refractivity contribution >= 4 is 52.1 Å². The monoisotopic (exact) mass is 463 g/mol. The second kappa shape index (κ2) is 8.99. The third-order valence-corrected chi connectivity index (χ3v) is 6.34.